The van der Waals surface area contributed by atoms with Gasteiger partial charge in [-0.05, 0) is 16.3 Å². The molecule has 2 heteroatoms. The summed E-state index contributed by atoms with van der Waals surface area (Å²) in [5, 5.41) is 11.1. The quantitative estimate of drug-likeness (QED) is 0.734. The lowest BCUT2D eigenvalue weighted by molar-refractivity contribution is 1.07. The van der Waals surface area contributed by atoms with E-state index >= 15 is 0 Å². The van der Waals surface area contributed by atoms with Gasteiger partial charge in [-0.1, -0.05) is 36.4 Å². The van der Waals surface area contributed by atoms with E-state index in [1.54, 1.807) is 0 Å². The largest absolute Gasteiger partial charge is 0.326 e. The summed E-state index contributed by atoms with van der Waals surface area (Å²) in [4.78, 5) is 0. The predicted octanol–water partition coefficient (Wildman–Crippen LogP) is 2.17. The highest BCUT2D eigenvalue weighted by molar-refractivity contribution is 5.88. The number of fused-ring (bicyclic) bond motifs is 1. The molecule has 0 heterocycles. The molecule has 0 aliphatic heterocycles. The molecule has 0 radical (unpaired) electrons. The molecule has 0 aliphatic rings. The molecular weight excluding hydrogens is 172 g/mol. The Morgan fingerprint density at radius 2 is 1.93 bits per heavy atom. The Morgan fingerprint density at radius 3 is 2.64 bits per heavy atom. The van der Waals surface area contributed by atoms with E-state index < -0.39 is 0 Å². The van der Waals surface area contributed by atoms with Gasteiger partial charge in [-0.15, -0.1) is 0 Å². The highest BCUT2D eigenvalue weighted by Crippen LogP contribution is 2.21. The first-order valence-corrected chi connectivity index (χ1v) is 4.47. The molecule has 0 spiro atoms. The highest BCUT2D eigenvalue weighted by atomic mass is 14.5. The fraction of sp³-hybridized carbons (Fsp3) is 0.0833. The van der Waals surface area contributed by atoms with Crippen LogP contribution in [0.15, 0.2) is 36.4 Å². The minimum atomic E-state index is 0.410. The Bertz CT molecular complexity index is 509. The van der Waals surface area contributed by atoms with Gasteiger partial charge in [0.1, 0.15) is 6.07 Å². The molecule has 0 saturated heterocycles. The topological polar surface area (TPSA) is 49.8 Å². The van der Waals surface area contributed by atoms with Crippen LogP contribution in [-0.4, -0.2) is 0 Å². The third kappa shape index (κ3) is 1.24. The number of rotatable bonds is 1. The lowest BCUT2D eigenvalue weighted by atomic mass is 10.00. The molecule has 2 aromatic rings. The molecule has 2 nitrogen and oxygen atoms in total. The molecule has 2 aromatic carbocycles. The lowest BCUT2D eigenvalue weighted by Gasteiger charge is -2.04. The third-order valence-corrected chi connectivity index (χ3v) is 2.35. The molecule has 14 heavy (non-hydrogen) atoms. The van der Waals surface area contributed by atoms with Crippen LogP contribution in [0.3, 0.4) is 0 Å². The monoisotopic (exact) mass is 182 g/mol. The van der Waals surface area contributed by atoms with Gasteiger partial charge in [0.05, 0.1) is 5.56 Å². The molecule has 0 unspecified atom stereocenters. The van der Waals surface area contributed by atoms with Crippen LogP contribution in [0.2, 0.25) is 0 Å². The Balaban J connectivity index is 2.85. The van der Waals surface area contributed by atoms with Crippen molar-refractivity contribution in [3.8, 4) is 6.07 Å². The molecule has 0 aromatic heterocycles. The summed E-state index contributed by atoms with van der Waals surface area (Å²) in [5.41, 5.74) is 7.17. The van der Waals surface area contributed by atoms with Gasteiger partial charge in [0, 0.05) is 6.54 Å². The number of nitrogens with zero attached hydrogens (tertiary/aromatic N) is 1. The van der Waals surface area contributed by atoms with Crippen LogP contribution in [0, 0.1) is 11.3 Å². The van der Waals surface area contributed by atoms with E-state index in [-0.39, 0.29) is 0 Å². The number of hydrogen-bond donors (Lipinski definition) is 1. The summed E-state index contributed by atoms with van der Waals surface area (Å²) >= 11 is 0. The van der Waals surface area contributed by atoms with Crippen LogP contribution in [0.25, 0.3) is 10.8 Å². The minimum absolute atomic E-state index is 0.410. The van der Waals surface area contributed by atoms with Crippen molar-refractivity contribution >= 4 is 10.8 Å². The standard InChI is InChI=1S/C12H10N2/c13-7-10-6-5-9-3-1-2-4-11(9)12(10)8-14/h1-6H,7,13H2. The molecule has 0 amide bonds. The van der Waals surface area contributed by atoms with E-state index in [4.69, 9.17) is 11.0 Å². The summed E-state index contributed by atoms with van der Waals surface area (Å²) in [6.07, 6.45) is 0. The average molecular weight is 182 g/mol. The Labute approximate surface area is 82.6 Å². The van der Waals surface area contributed by atoms with Crippen LogP contribution < -0.4 is 5.73 Å². The maximum absolute atomic E-state index is 9.04. The molecule has 2 N–H and O–H groups in total. The van der Waals surface area contributed by atoms with E-state index in [0.717, 1.165) is 16.3 Å². The Hall–Kier alpha value is -1.85. The average Bonchev–Trinajstić information content (AvgIpc) is 2.27. The summed E-state index contributed by atoms with van der Waals surface area (Å²) in [5.74, 6) is 0. The van der Waals surface area contributed by atoms with Crippen LogP contribution in [0.4, 0.5) is 0 Å². The second-order valence-electron chi connectivity index (χ2n) is 3.14. The molecule has 0 aliphatic carbocycles. The van der Waals surface area contributed by atoms with Crippen molar-refractivity contribution in [2.75, 3.05) is 0 Å². The van der Waals surface area contributed by atoms with Crippen LogP contribution >= 0.6 is 0 Å². The Kier molecular flexibility index (Phi) is 2.18. The zero-order valence-electron chi connectivity index (χ0n) is 7.70. The summed E-state index contributed by atoms with van der Waals surface area (Å²) < 4.78 is 0. The molecule has 0 atom stereocenters. The van der Waals surface area contributed by atoms with E-state index in [0.29, 0.717) is 12.1 Å². The zero-order chi connectivity index (χ0) is 9.97. The van der Waals surface area contributed by atoms with Crippen molar-refractivity contribution < 1.29 is 0 Å². The minimum Gasteiger partial charge on any atom is -0.326 e. The van der Waals surface area contributed by atoms with E-state index in [1.807, 2.05) is 36.4 Å². The first-order chi connectivity index (χ1) is 6.86. The van der Waals surface area contributed by atoms with Crippen LogP contribution in [0.5, 0.6) is 0 Å². The van der Waals surface area contributed by atoms with Crippen molar-refractivity contribution in [3.05, 3.63) is 47.5 Å². The smallest absolute Gasteiger partial charge is 0.100 e. The SMILES string of the molecule is N#Cc1c(CN)ccc2ccccc12. The van der Waals surface area contributed by atoms with Gasteiger partial charge >= 0.3 is 0 Å². The van der Waals surface area contributed by atoms with Crippen LogP contribution in [-0.2, 0) is 6.54 Å². The van der Waals surface area contributed by atoms with Crippen molar-refractivity contribution in [1.82, 2.24) is 0 Å². The van der Waals surface area contributed by atoms with Crippen molar-refractivity contribution in [2.45, 2.75) is 6.54 Å². The van der Waals surface area contributed by atoms with Gasteiger partial charge in [-0.2, -0.15) is 5.26 Å². The molecule has 0 bridgehead atoms. The highest BCUT2D eigenvalue weighted by Gasteiger charge is 2.04. The van der Waals surface area contributed by atoms with Crippen molar-refractivity contribution in [2.24, 2.45) is 5.73 Å². The second-order valence-corrected chi connectivity index (χ2v) is 3.14. The third-order valence-electron chi connectivity index (χ3n) is 2.35. The van der Waals surface area contributed by atoms with Gasteiger partial charge in [0.25, 0.3) is 0 Å². The number of nitriles is 1. The van der Waals surface area contributed by atoms with Crippen molar-refractivity contribution in [1.29, 1.82) is 5.26 Å². The molecule has 0 fully saturated rings. The van der Waals surface area contributed by atoms with E-state index in [1.165, 1.54) is 0 Å². The maximum Gasteiger partial charge on any atom is 0.100 e. The molecule has 2 rings (SSSR count). The van der Waals surface area contributed by atoms with Gasteiger partial charge < -0.3 is 5.73 Å². The molecule has 0 saturated carbocycles. The van der Waals surface area contributed by atoms with Gasteiger partial charge in [-0.25, -0.2) is 0 Å². The first kappa shape index (κ1) is 8.74. The van der Waals surface area contributed by atoms with Crippen molar-refractivity contribution in [3.63, 3.8) is 0 Å². The number of nitrogens with two attached hydrogens (primary N) is 1. The second kappa shape index (κ2) is 3.49. The van der Waals surface area contributed by atoms with Crippen LogP contribution in [0.1, 0.15) is 11.1 Å². The Morgan fingerprint density at radius 1 is 1.14 bits per heavy atom. The fourth-order valence-electron chi connectivity index (χ4n) is 1.62. The van der Waals surface area contributed by atoms with Gasteiger partial charge in [-0.3, -0.25) is 0 Å². The molecule has 68 valence electrons. The number of hydrogen-bond acceptors (Lipinski definition) is 2. The lowest BCUT2D eigenvalue weighted by Crippen LogP contribution is -1.99. The summed E-state index contributed by atoms with van der Waals surface area (Å²) in [6, 6.07) is 14.0. The van der Waals surface area contributed by atoms with Gasteiger partial charge in [0.2, 0.25) is 0 Å². The zero-order valence-corrected chi connectivity index (χ0v) is 7.70. The number of benzene rings is 2. The predicted molar refractivity (Wildman–Crippen MR) is 56.6 cm³/mol. The summed E-state index contributed by atoms with van der Waals surface area (Å²) in [6.45, 7) is 0.410. The maximum atomic E-state index is 9.04. The van der Waals surface area contributed by atoms with E-state index in [9.17, 15) is 0 Å². The first-order valence-electron chi connectivity index (χ1n) is 4.47. The summed E-state index contributed by atoms with van der Waals surface area (Å²) in [7, 11) is 0. The fourth-order valence-corrected chi connectivity index (χ4v) is 1.62. The molecular formula is C12H10N2. The van der Waals surface area contributed by atoms with E-state index in [2.05, 4.69) is 6.07 Å². The normalized spacial score (nSPS) is 10.0. The van der Waals surface area contributed by atoms with Gasteiger partial charge in [0.15, 0.2) is 0 Å².